The Morgan fingerprint density at radius 2 is 2.00 bits per heavy atom. The lowest BCUT2D eigenvalue weighted by Gasteiger charge is -2.29. The van der Waals surface area contributed by atoms with Crippen molar-refractivity contribution < 1.29 is 18.8 Å². The Hall–Kier alpha value is -2.83. The SMILES string of the molecule is COc1ccccc1C(=O)N(CC(=O)Nc1ccon1)CC1CCCCC1. The van der Waals surface area contributed by atoms with Crippen LogP contribution in [-0.4, -0.2) is 42.1 Å². The fourth-order valence-electron chi connectivity index (χ4n) is 3.53. The molecule has 2 aromatic rings. The van der Waals surface area contributed by atoms with Crippen molar-refractivity contribution in [1.82, 2.24) is 10.1 Å². The molecule has 1 aliphatic rings. The molecule has 0 saturated heterocycles. The fourth-order valence-corrected chi connectivity index (χ4v) is 3.53. The highest BCUT2D eigenvalue weighted by Crippen LogP contribution is 2.26. The molecule has 1 aromatic carbocycles. The van der Waals surface area contributed by atoms with Gasteiger partial charge in [0.2, 0.25) is 5.91 Å². The van der Waals surface area contributed by atoms with Crippen molar-refractivity contribution in [2.45, 2.75) is 32.1 Å². The quantitative estimate of drug-likeness (QED) is 0.807. The molecule has 0 spiro atoms. The van der Waals surface area contributed by atoms with Gasteiger partial charge in [0.25, 0.3) is 5.91 Å². The van der Waals surface area contributed by atoms with Gasteiger partial charge in [-0.25, -0.2) is 0 Å². The van der Waals surface area contributed by atoms with Gasteiger partial charge in [-0.3, -0.25) is 9.59 Å². The van der Waals surface area contributed by atoms with Gasteiger partial charge in [0.15, 0.2) is 5.82 Å². The molecule has 144 valence electrons. The van der Waals surface area contributed by atoms with Crippen LogP contribution in [0.1, 0.15) is 42.5 Å². The highest BCUT2D eigenvalue weighted by molar-refractivity contribution is 6.00. The van der Waals surface area contributed by atoms with E-state index >= 15 is 0 Å². The molecule has 0 aliphatic heterocycles. The van der Waals surface area contributed by atoms with Crippen LogP contribution in [0.3, 0.4) is 0 Å². The van der Waals surface area contributed by atoms with Gasteiger partial charge in [-0.05, 0) is 30.9 Å². The van der Waals surface area contributed by atoms with Gasteiger partial charge in [0.1, 0.15) is 18.6 Å². The summed E-state index contributed by atoms with van der Waals surface area (Å²) in [6, 6.07) is 8.65. The first-order valence-electron chi connectivity index (χ1n) is 9.30. The predicted molar refractivity (Wildman–Crippen MR) is 101 cm³/mol. The first-order valence-corrected chi connectivity index (χ1v) is 9.30. The van der Waals surface area contributed by atoms with Crippen molar-refractivity contribution in [3.05, 3.63) is 42.2 Å². The Morgan fingerprint density at radius 1 is 1.22 bits per heavy atom. The number of methoxy groups -OCH3 is 1. The summed E-state index contributed by atoms with van der Waals surface area (Å²) < 4.78 is 10.1. The third-order valence-electron chi connectivity index (χ3n) is 4.87. The van der Waals surface area contributed by atoms with Gasteiger partial charge in [-0.15, -0.1) is 0 Å². The number of aromatic nitrogens is 1. The summed E-state index contributed by atoms with van der Waals surface area (Å²) in [6.45, 7) is 0.517. The number of anilines is 1. The topological polar surface area (TPSA) is 84.7 Å². The third kappa shape index (κ3) is 5.09. The van der Waals surface area contributed by atoms with Crippen LogP contribution < -0.4 is 10.1 Å². The van der Waals surface area contributed by atoms with E-state index in [0.29, 0.717) is 29.6 Å². The zero-order valence-corrected chi connectivity index (χ0v) is 15.5. The van der Waals surface area contributed by atoms with Crippen LogP contribution in [0.5, 0.6) is 5.75 Å². The largest absolute Gasteiger partial charge is 0.496 e. The summed E-state index contributed by atoms with van der Waals surface area (Å²) >= 11 is 0. The van der Waals surface area contributed by atoms with Gasteiger partial charge >= 0.3 is 0 Å². The van der Waals surface area contributed by atoms with Crippen molar-refractivity contribution >= 4 is 17.6 Å². The molecule has 0 bridgehead atoms. The molecule has 1 heterocycles. The van der Waals surface area contributed by atoms with Crippen LogP contribution in [0.2, 0.25) is 0 Å². The minimum atomic E-state index is -0.303. The van der Waals surface area contributed by atoms with Crippen LogP contribution in [0.15, 0.2) is 41.1 Å². The maximum absolute atomic E-state index is 13.2. The van der Waals surface area contributed by atoms with Crippen molar-refractivity contribution in [3.63, 3.8) is 0 Å². The van der Waals surface area contributed by atoms with E-state index in [1.807, 2.05) is 6.07 Å². The number of benzene rings is 1. The molecular weight excluding hydrogens is 346 g/mol. The van der Waals surface area contributed by atoms with Gasteiger partial charge < -0.3 is 19.5 Å². The zero-order valence-electron chi connectivity index (χ0n) is 15.5. The number of hydrogen-bond donors (Lipinski definition) is 1. The smallest absolute Gasteiger partial charge is 0.258 e. The van der Waals surface area contributed by atoms with Gasteiger partial charge in [-0.1, -0.05) is 36.6 Å². The van der Waals surface area contributed by atoms with Crippen LogP contribution in [0, 0.1) is 5.92 Å². The molecule has 0 unspecified atom stereocenters. The normalized spacial score (nSPS) is 14.6. The molecule has 1 saturated carbocycles. The third-order valence-corrected chi connectivity index (χ3v) is 4.87. The number of carbonyl (C=O) groups excluding carboxylic acids is 2. The average Bonchev–Trinajstić information content (AvgIpc) is 3.20. The van der Waals surface area contributed by atoms with E-state index in [1.54, 1.807) is 29.2 Å². The van der Waals surface area contributed by atoms with E-state index in [2.05, 4.69) is 10.5 Å². The van der Waals surface area contributed by atoms with Crippen LogP contribution in [0.4, 0.5) is 5.82 Å². The maximum Gasteiger partial charge on any atom is 0.258 e. The number of nitrogens with one attached hydrogen (secondary N) is 1. The Balaban J connectivity index is 1.75. The van der Waals surface area contributed by atoms with Gasteiger partial charge in [0, 0.05) is 12.6 Å². The Morgan fingerprint density at radius 3 is 2.70 bits per heavy atom. The Bertz CT molecular complexity index is 754. The second-order valence-electron chi connectivity index (χ2n) is 6.82. The summed E-state index contributed by atoms with van der Waals surface area (Å²) in [4.78, 5) is 27.2. The average molecular weight is 371 g/mol. The minimum absolute atomic E-state index is 0.0414. The molecule has 27 heavy (non-hydrogen) atoms. The highest BCUT2D eigenvalue weighted by Gasteiger charge is 2.25. The minimum Gasteiger partial charge on any atom is -0.496 e. The van der Waals surface area contributed by atoms with E-state index in [9.17, 15) is 9.59 Å². The molecule has 0 radical (unpaired) electrons. The summed E-state index contributed by atoms with van der Waals surface area (Å²) in [5, 5.41) is 6.33. The lowest BCUT2D eigenvalue weighted by Crippen LogP contribution is -2.41. The molecular formula is C20H25N3O4. The number of carbonyl (C=O) groups is 2. The first-order chi connectivity index (χ1) is 13.2. The second kappa shape index (κ2) is 9.21. The molecule has 1 N–H and O–H groups in total. The Labute approximate surface area is 158 Å². The van der Waals surface area contributed by atoms with E-state index in [-0.39, 0.29) is 18.4 Å². The number of rotatable bonds is 7. The molecule has 1 aromatic heterocycles. The van der Waals surface area contributed by atoms with Crippen molar-refractivity contribution in [2.24, 2.45) is 5.92 Å². The molecule has 3 rings (SSSR count). The maximum atomic E-state index is 13.2. The van der Waals surface area contributed by atoms with Crippen molar-refractivity contribution in [1.29, 1.82) is 0 Å². The van der Waals surface area contributed by atoms with Crippen LogP contribution in [-0.2, 0) is 4.79 Å². The lowest BCUT2D eigenvalue weighted by atomic mass is 9.89. The monoisotopic (exact) mass is 371 g/mol. The molecule has 1 aliphatic carbocycles. The van der Waals surface area contributed by atoms with Crippen molar-refractivity contribution in [3.8, 4) is 5.75 Å². The van der Waals surface area contributed by atoms with E-state index in [4.69, 9.17) is 9.26 Å². The van der Waals surface area contributed by atoms with E-state index in [1.165, 1.54) is 32.6 Å². The number of nitrogens with zero attached hydrogens (tertiary/aromatic N) is 2. The van der Waals surface area contributed by atoms with Crippen LogP contribution >= 0.6 is 0 Å². The molecule has 2 amide bonds. The fraction of sp³-hybridized carbons (Fsp3) is 0.450. The number of para-hydroxylation sites is 1. The van der Waals surface area contributed by atoms with E-state index < -0.39 is 0 Å². The first kappa shape index (κ1) is 18.9. The predicted octanol–water partition coefficient (Wildman–Crippen LogP) is 3.34. The number of amides is 2. The number of hydrogen-bond acceptors (Lipinski definition) is 5. The second-order valence-corrected chi connectivity index (χ2v) is 6.82. The van der Waals surface area contributed by atoms with Gasteiger partial charge in [-0.2, -0.15) is 0 Å². The zero-order chi connectivity index (χ0) is 19.1. The lowest BCUT2D eigenvalue weighted by molar-refractivity contribution is -0.117. The summed E-state index contributed by atoms with van der Waals surface area (Å²) in [7, 11) is 1.54. The summed E-state index contributed by atoms with van der Waals surface area (Å²) in [5.74, 6) is 0.754. The van der Waals surface area contributed by atoms with E-state index in [0.717, 1.165) is 12.8 Å². The molecule has 1 fully saturated rings. The van der Waals surface area contributed by atoms with Crippen LogP contribution in [0.25, 0.3) is 0 Å². The molecule has 7 heteroatoms. The standard InChI is InChI=1S/C20H25N3O4/c1-26-17-10-6-5-9-16(17)20(25)23(13-15-7-3-2-4-8-15)14-19(24)21-18-11-12-27-22-18/h5-6,9-12,15H,2-4,7-8,13-14H2,1H3,(H,21,22,24). The molecule has 0 atom stereocenters. The summed E-state index contributed by atoms with van der Waals surface area (Å²) in [6.07, 6.45) is 7.14. The van der Waals surface area contributed by atoms with Crippen molar-refractivity contribution in [2.75, 3.05) is 25.5 Å². The molecule has 7 nitrogen and oxygen atoms in total. The summed E-state index contributed by atoms with van der Waals surface area (Å²) in [5.41, 5.74) is 0.463. The Kier molecular flexibility index (Phi) is 6.46. The highest BCUT2D eigenvalue weighted by atomic mass is 16.5. The number of ether oxygens (including phenoxy) is 1. The van der Waals surface area contributed by atoms with Gasteiger partial charge in [0.05, 0.1) is 12.7 Å².